The average Bonchev–Trinajstić information content (AvgIpc) is 3.07. The monoisotopic (exact) mass is 403 g/mol. The van der Waals surface area contributed by atoms with Gasteiger partial charge >= 0.3 is 5.97 Å². The van der Waals surface area contributed by atoms with Gasteiger partial charge in [-0.15, -0.1) is 0 Å². The van der Waals surface area contributed by atoms with E-state index in [2.05, 4.69) is 31.9 Å². The third kappa shape index (κ3) is 8.81. The number of hydrogen-bond acceptors (Lipinski definition) is 7. The van der Waals surface area contributed by atoms with E-state index in [0.29, 0.717) is 38.4 Å². The highest BCUT2D eigenvalue weighted by molar-refractivity contribution is 7.80. The smallest absolute Gasteiger partial charge is 0.330 e. The number of hydrogen-bond donors (Lipinski definition) is 3. The number of thiol groups is 1. The quantitative estimate of drug-likeness (QED) is 0.177. The summed E-state index contributed by atoms with van der Waals surface area (Å²) in [5.74, 6) is 0.412. The fraction of sp³-hybridized carbons (Fsp3) is 0.895. The van der Waals surface area contributed by atoms with Gasteiger partial charge in [-0.3, -0.25) is 9.80 Å². The first-order valence-electron chi connectivity index (χ1n) is 10.1. The van der Waals surface area contributed by atoms with Crippen LogP contribution in [0.3, 0.4) is 0 Å². The predicted molar refractivity (Wildman–Crippen MR) is 109 cm³/mol. The molecular weight excluding hydrogens is 366 g/mol. The van der Waals surface area contributed by atoms with Crippen LogP contribution in [0.5, 0.6) is 0 Å². The molecule has 1 amide bonds. The van der Waals surface area contributed by atoms with E-state index in [-0.39, 0.29) is 29.8 Å². The van der Waals surface area contributed by atoms with Gasteiger partial charge in [0, 0.05) is 44.4 Å². The first-order chi connectivity index (χ1) is 12.9. The van der Waals surface area contributed by atoms with Crippen LogP contribution in [0.15, 0.2) is 0 Å². The Kier molecular flexibility index (Phi) is 12.0. The van der Waals surface area contributed by atoms with E-state index in [1.165, 1.54) is 17.9 Å². The second-order valence-electron chi connectivity index (χ2n) is 7.48. The number of ether oxygens (including phenoxy) is 2. The van der Waals surface area contributed by atoms with Crippen LogP contribution in [-0.2, 0) is 19.1 Å². The van der Waals surface area contributed by atoms with Crippen molar-refractivity contribution in [2.24, 2.45) is 17.6 Å². The minimum atomic E-state index is -0.586. The Morgan fingerprint density at radius 3 is 2.74 bits per heavy atom. The Morgan fingerprint density at radius 1 is 1.41 bits per heavy atom. The Labute approximate surface area is 169 Å². The van der Waals surface area contributed by atoms with Gasteiger partial charge in [-0.2, -0.15) is 12.6 Å². The molecule has 1 aliphatic heterocycles. The molecule has 0 aromatic heterocycles. The lowest BCUT2D eigenvalue weighted by molar-refractivity contribution is -0.151. The molecule has 8 heteroatoms. The largest absolute Gasteiger partial charge is 0.464 e. The maximum atomic E-state index is 12.9. The number of esters is 1. The van der Waals surface area contributed by atoms with Gasteiger partial charge in [-0.25, -0.2) is 10.2 Å². The summed E-state index contributed by atoms with van der Waals surface area (Å²) < 4.78 is 10.8. The van der Waals surface area contributed by atoms with E-state index >= 15 is 0 Å². The van der Waals surface area contributed by atoms with Crippen molar-refractivity contribution in [1.29, 1.82) is 0 Å². The van der Waals surface area contributed by atoms with Gasteiger partial charge in [-0.05, 0) is 18.3 Å². The Morgan fingerprint density at radius 2 is 2.15 bits per heavy atom. The number of nitrogens with zero attached hydrogens (tertiary/aromatic N) is 1. The number of hydrazine groups is 1. The second kappa shape index (κ2) is 13.4. The Hall–Kier alpha value is -0.830. The molecule has 0 aromatic rings. The molecule has 0 spiro atoms. The van der Waals surface area contributed by atoms with Crippen molar-refractivity contribution in [3.8, 4) is 0 Å². The molecule has 1 fully saturated rings. The molecule has 1 saturated heterocycles. The van der Waals surface area contributed by atoms with Crippen LogP contribution in [-0.4, -0.2) is 61.1 Å². The van der Waals surface area contributed by atoms with Gasteiger partial charge < -0.3 is 15.2 Å². The van der Waals surface area contributed by atoms with Gasteiger partial charge in [0.2, 0.25) is 5.91 Å². The minimum absolute atomic E-state index is 0.115. The first kappa shape index (κ1) is 24.2. The lowest BCUT2D eigenvalue weighted by Gasteiger charge is -2.30. The van der Waals surface area contributed by atoms with Gasteiger partial charge in [-0.1, -0.05) is 33.6 Å². The number of carbonyl (C=O) groups is 2. The zero-order chi connectivity index (χ0) is 20.2. The van der Waals surface area contributed by atoms with E-state index in [4.69, 9.17) is 15.2 Å². The van der Waals surface area contributed by atoms with Crippen LogP contribution < -0.4 is 11.2 Å². The van der Waals surface area contributed by atoms with Crippen molar-refractivity contribution < 1.29 is 19.1 Å². The van der Waals surface area contributed by atoms with Crippen molar-refractivity contribution >= 4 is 24.5 Å². The molecule has 2 unspecified atom stereocenters. The second-order valence-corrected chi connectivity index (χ2v) is 7.85. The fourth-order valence-corrected chi connectivity index (χ4v) is 2.96. The van der Waals surface area contributed by atoms with Crippen LogP contribution in [0.1, 0.15) is 52.9 Å². The summed E-state index contributed by atoms with van der Waals surface area (Å²) >= 11 is 4.16. The molecule has 0 aliphatic carbocycles. The van der Waals surface area contributed by atoms with Crippen molar-refractivity contribution in [1.82, 2.24) is 10.4 Å². The summed E-state index contributed by atoms with van der Waals surface area (Å²) in [4.78, 5) is 24.8. The van der Waals surface area contributed by atoms with Gasteiger partial charge in [0.1, 0.15) is 6.04 Å². The molecule has 158 valence electrons. The number of unbranched alkanes of at least 4 members (excludes halogenated alkanes) is 2. The average molecular weight is 404 g/mol. The molecule has 7 nitrogen and oxygen atoms in total. The summed E-state index contributed by atoms with van der Waals surface area (Å²) in [6.07, 6.45) is 4.26. The van der Waals surface area contributed by atoms with E-state index < -0.39 is 6.04 Å². The van der Waals surface area contributed by atoms with Crippen LogP contribution in [0.25, 0.3) is 0 Å². The first-order valence-corrected chi connectivity index (χ1v) is 10.7. The van der Waals surface area contributed by atoms with Crippen LogP contribution >= 0.6 is 12.6 Å². The lowest BCUT2D eigenvalue weighted by Crippen LogP contribution is -2.55. The lowest BCUT2D eigenvalue weighted by atomic mass is 9.93. The zero-order valence-corrected chi connectivity index (χ0v) is 17.9. The molecular formula is C19H37N3O4S. The summed E-state index contributed by atoms with van der Waals surface area (Å²) in [6, 6.07) is -0.786. The van der Waals surface area contributed by atoms with Crippen molar-refractivity contribution in [2.75, 3.05) is 32.1 Å². The standard InChI is InChI=1S/C19H37N3O4S/c1-4-5-6-8-25-12-15(3)14(2)10-18(23)22(21-11-16(20)13-27)17-7-9-26-19(17)24/h14-17,21,27H,4-13,20H2,1-3H3/t14-,15?,16?,17-/m0/s1. The van der Waals surface area contributed by atoms with Gasteiger partial charge in [0.05, 0.1) is 6.61 Å². The molecule has 3 N–H and O–H groups in total. The number of nitrogens with one attached hydrogen (secondary N) is 1. The summed E-state index contributed by atoms with van der Waals surface area (Å²) in [6.45, 7) is 8.43. The number of cyclic esters (lactones) is 1. The zero-order valence-electron chi connectivity index (χ0n) is 17.0. The molecule has 27 heavy (non-hydrogen) atoms. The Balaban J connectivity index is 2.54. The van der Waals surface area contributed by atoms with Crippen molar-refractivity contribution in [2.45, 2.75) is 65.0 Å². The van der Waals surface area contributed by atoms with E-state index in [0.717, 1.165) is 13.0 Å². The minimum Gasteiger partial charge on any atom is -0.464 e. The molecule has 1 heterocycles. The number of rotatable bonds is 14. The third-order valence-corrected chi connectivity index (χ3v) is 5.46. The van der Waals surface area contributed by atoms with Crippen molar-refractivity contribution in [3.63, 3.8) is 0 Å². The maximum Gasteiger partial charge on any atom is 0.330 e. The highest BCUT2D eigenvalue weighted by atomic mass is 32.1. The van der Waals surface area contributed by atoms with E-state index in [9.17, 15) is 9.59 Å². The maximum absolute atomic E-state index is 12.9. The summed E-state index contributed by atoms with van der Waals surface area (Å²) in [5, 5.41) is 1.42. The molecule has 1 rings (SSSR count). The number of carbonyl (C=O) groups excluding carboxylic acids is 2. The predicted octanol–water partition coefficient (Wildman–Crippen LogP) is 1.76. The highest BCUT2D eigenvalue weighted by Crippen LogP contribution is 2.20. The number of nitrogens with two attached hydrogens (primary N) is 1. The SMILES string of the molecule is CCCCCOCC(C)[C@@H](C)CC(=O)N(NCC(N)CS)[C@H]1CCOC1=O. The summed E-state index contributed by atoms with van der Waals surface area (Å²) in [5.41, 5.74) is 8.92. The fourth-order valence-electron chi connectivity index (χ4n) is 2.83. The molecule has 0 bridgehead atoms. The van der Waals surface area contributed by atoms with Crippen LogP contribution in [0, 0.1) is 11.8 Å². The Bertz CT molecular complexity index is 453. The van der Waals surface area contributed by atoms with Crippen LogP contribution in [0.2, 0.25) is 0 Å². The summed E-state index contributed by atoms with van der Waals surface area (Å²) in [7, 11) is 0. The third-order valence-electron chi connectivity index (χ3n) is 4.99. The molecule has 0 radical (unpaired) electrons. The van der Waals surface area contributed by atoms with E-state index in [1.54, 1.807) is 0 Å². The van der Waals surface area contributed by atoms with Gasteiger partial charge in [0.15, 0.2) is 0 Å². The normalized spacial score (nSPS) is 20.2. The highest BCUT2D eigenvalue weighted by Gasteiger charge is 2.36. The molecule has 0 aromatic carbocycles. The van der Waals surface area contributed by atoms with Gasteiger partial charge in [0.25, 0.3) is 0 Å². The number of amides is 1. The molecule has 4 atom stereocenters. The van der Waals surface area contributed by atoms with E-state index in [1.807, 2.05) is 6.92 Å². The molecule has 1 aliphatic rings. The van der Waals surface area contributed by atoms with Crippen molar-refractivity contribution in [3.05, 3.63) is 0 Å². The topological polar surface area (TPSA) is 93.9 Å². The van der Waals surface area contributed by atoms with Crippen LogP contribution in [0.4, 0.5) is 0 Å². The molecule has 0 saturated carbocycles.